The minimum Gasteiger partial charge on any atom is -0.396 e. The number of aromatic nitrogens is 2. The molecule has 6 heteroatoms. The van der Waals surface area contributed by atoms with Crippen molar-refractivity contribution in [1.29, 1.82) is 0 Å². The predicted molar refractivity (Wildman–Crippen MR) is 72.5 cm³/mol. The summed E-state index contributed by atoms with van der Waals surface area (Å²) >= 11 is 0. The van der Waals surface area contributed by atoms with Crippen molar-refractivity contribution >= 4 is 11.6 Å². The van der Waals surface area contributed by atoms with E-state index in [9.17, 15) is 4.79 Å². The van der Waals surface area contributed by atoms with Crippen LogP contribution >= 0.6 is 0 Å². The van der Waals surface area contributed by atoms with E-state index in [0.29, 0.717) is 11.6 Å². The first kappa shape index (κ1) is 13.9. The normalized spacial score (nSPS) is 16.9. The lowest BCUT2D eigenvalue weighted by Gasteiger charge is -2.31. The van der Waals surface area contributed by atoms with E-state index in [1.54, 1.807) is 4.68 Å². The van der Waals surface area contributed by atoms with Crippen molar-refractivity contribution in [1.82, 2.24) is 14.7 Å². The summed E-state index contributed by atoms with van der Waals surface area (Å²) in [5.74, 6) is 0.412. The number of nitrogens with two attached hydrogens (primary N) is 1. The molecule has 0 aromatic carbocycles. The fourth-order valence-corrected chi connectivity index (χ4v) is 2.46. The van der Waals surface area contributed by atoms with Gasteiger partial charge in [0.05, 0.1) is 17.1 Å². The van der Waals surface area contributed by atoms with Gasteiger partial charge >= 0.3 is 0 Å². The molecule has 1 amide bonds. The maximum absolute atomic E-state index is 12.2. The van der Waals surface area contributed by atoms with Crippen molar-refractivity contribution in [2.45, 2.75) is 33.2 Å². The van der Waals surface area contributed by atoms with Gasteiger partial charge in [0.15, 0.2) is 0 Å². The maximum Gasteiger partial charge on any atom is 0.244 e. The van der Waals surface area contributed by atoms with Gasteiger partial charge in [0, 0.05) is 19.7 Å². The monoisotopic (exact) mass is 266 g/mol. The number of likely N-dealkylation sites (tertiary alicyclic amines) is 1. The van der Waals surface area contributed by atoms with Gasteiger partial charge in [0.2, 0.25) is 5.91 Å². The summed E-state index contributed by atoms with van der Waals surface area (Å²) in [4.78, 5) is 14.0. The van der Waals surface area contributed by atoms with Gasteiger partial charge in [-0.1, -0.05) is 0 Å². The highest BCUT2D eigenvalue weighted by Crippen LogP contribution is 2.18. The Labute approximate surface area is 113 Å². The van der Waals surface area contributed by atoms with E-state index in [-0.39, 0.29) is 19.1 Å². The molecular formula is C13H22N4O2. The Balaban J connectivity index is 1.96. The molecule has 2 rings (SSSR count). The number of rotatable bonds is 3. The van der Waals surface area contributed by atoms with Gasteiger partial charge in [-0.05, 0) is 32.6 Å². The molecule has 0 aliphatic carbocycles. The zero-order chi connectivity index (χ0) is 14.0. The molecule has 0 bridgehead atoms. The SMILES string of the molecule is Cc1nn(CC(=O)N2CCC(CO)CC2)c(C)c1N. The van der Waals surface area contributed by atoms with Gasteiger partial charge in [-0.15, -0.1) is 0 Å². The van der Waals surface area contributed by atoms with E-state index in [2.05, 4.69) is 5.10 Å². The third kappa shape index (κ3) is 2.89. The number of carbonyl (C=O) groups excluding carboxylic acids is 1. The van der Waals surface area contributed by atoms with Crippen molar-refractivity contribution < 1.29 is 9.90 Å². The molecule has 1 aromatic rings. The maximum atomic E-state index is 12.2. The molecule has 1 aromatic heterocycles. The fourth-order valence-electron chi connectivity index (χ4n) is 2.46. The number of nitrogens with zero attached hydrogens (tertiary/aromatic N) is 3. The topological polar surface area (TPSA) is 84.4 Å². The standard InChI is InChI=1S/C13H22N4O2/c1-9-13(14)10(2)17(15-9)7-12(19)16-5-3-11(8-18)4-6-16/h11,18H,3-8,14H2,1-2H3. The molecule has 0 saturated carbocycles. The molecule has 0 spiro atoms. The van der Waals surface area contributed by atoms with Gasteiger partial charge in [-0.2, -0.15) is 5.10 Å². The Kier molecular flexibility index (Phi) is 4.09. The van der Waals surface area contributed by atoms with Crippen LogP contribution in [0.3, 0.4) is 0 Å². The molecule has 0 atom stereocenters. The van der Waals surface area contributed by atoms with Gasteiger partial charge in [0.1, 0.15) is 6.54 Å². The zero-order valence-electron chi connectivity index (χ0n) is 11.6. The smallest absolute Gasteiger partial charge is 0.244 e. The van der Waals surface area contributed by atoms with E-state index in [1.807, 2.05) is 18.7 Å². The first-order valence-electron chi connectivity index (χ1n) is 6.71. The molecule has 1 saturated heterocycles. The van der Waals surface area contributed by atoms with Gasteiger partial charge in [-0.25, -0.2) is 0 Å². The van der Waals surface area contributed by atoms with Crippen LogP contribution < -0.4 is 5.73 Å². The molecule has 1 aliphatic rings. The van der Waals surface area contributed by atoms with E-state index in [4.69, 9.17) is 10.8 Å². The van der Waals surface area contributed by atoms with E-state index in [0.717, 1.165) is 37.3 Å². The van der Waals surface area contributed by atoms with Crippen molar-refractivity contribution in [3.8, 4) is 0 Å². The summed E-state index contributed by atoms with van der Waals surface area (Å²) in [5.41, 5.74) is 8.13. The van der Waals surface area contributed by atoms with Gasteiger partial charge in [0.25, 0.3) is 0 Å². The first-order valence-corrected chi connectivity index (χ1v) is 6.71. The third-order valence-electron chi connectivity index (χ3n) is 3.95. The Bertz CT molecular complexity index is 461. The number of aliphatic hydroxyl groups excluding tert-OH is 1. The summed E-state index contributed by atoms with van der Waals surface area (Å²) < 4.78 is 1.67. The lowest BCUT2D eigenvalue weighted by atomic mass is 9.98. The fraction of sp³-hybridized carbons (Fsp3) is 0.692. The molecule has 3 N–H and O–H groups in total. The number of aryl methyl sites for hydroxylation is 1. The quantitative estimate of drug-likeness (QED) is 0.825. The van der Waals surface area contributed by atoms with Crippen LogP contribution in [0.5, 0.6) is 0 Å². The summed E-state index contributed by atoms with van der Waals surface area (Å²) in [5, 5.41) is 13.4. The predicted octanol–water partition coefficient (Wildman–Crippen LogP) is 0.313. The molecule has 1 aliphatic heterocycles. The van der Waals surface area contributed by atoms with Crippen LogP contribution in [0.1, 0.15) is 24.2 Å². The lowest BCUT2D eigenvalue weighted by Crippen LogP contribution is -2.41. The second-order valence-corrected chi connectivity index (χ2v) is 5.25. The number of amides is 1. The number of carbonyl (C=O) groups is 1. The molecular weight excluding hydrogens is 244 g/mol. The summed E-state index contributed by atoms with van der Waals surface area (Å²) in [7, 11) is 0. The van der Waals surface area contributed by atoms with Crippen LogP contribution in [-0.2, 0) is 11.3 Å². The van der Waals surface area contributed by atoms with Crippen molar-refractivity contribution in [3.63, 3.8) is 0 Å². The highest BCUT2D eigenvalue weighted by molar-refractivity contribution is 5.76. The molecule has 0 unspecified atom stereocenters. The number of hydrogen-bond donors (Lipinski definition) is 2. The average molecular weight is 266 g/mol. The van der Waals surface area contributed by atoms with E-state index >= 15 is 0 Å². The third-order valence-corrected chi connectivity index (χ3v) is 3.95. The van der Waals surface area contributed by atoms with Crippen LogP contribution in [0, 0.1) is 19.8 Å². The number of anilines is 1. The Morgan fingerprint density at radius 1 is 1.42 bits per heavy atom. The highest BCUT2D eigenvalue weighted by Gasteiger charge is 2.23. The van der Waals surface area contributed by atoms with Gasteiger partial charge in [-0.3, -0.25) is 9.48 Å². The Hall–Kier alpha value is -1.56. The minimum absolute atomic E-state index is 0.0713. The molecule has 106 valence electrons. The molecule has 6 nitrogen and oxygen atoms in total. The molecule has 0 radical (unpaired) electrons. The zero-order valence-corrected chi connectivity index (χ0v) is 11.6. The van der Waals surface area contributed by atoms with Crippen molar-refractivity contribution in [2.24, 2.45) is 5.92 Å². The number of piperidine rings is 1. The summed E-state index contributed by atoms with van der Waals surface area (Å²) in [6.07, 6.45) is 1.75. The molecule has 19 heavy (non-hydrogen) atoms. The number of nitrogen functional groups attached to an aromatic ring is 1. The van der Waals surface area contributed by atoms with Crippen LogP contribution in [-0.4, -0.2) is 45.4 Å². The average Bonchev–Trinajstić information content (AvgIpc) is 2.66. The van der Waals surface area contributed by atoms with Crippen LogP contribution in [0.25, 0.3) is 0 Å². The molecule has 2 heterocycles. The van der Waals surface area contributed by atoms with Crippen LogP contribution in [0.2, 0.25) is 0 Å². The Morgan fingerprint density at radius 3 is 2.53 bits per heavy atom. The van der Waals surface area contributed by atoms with Crippen LogP contribution in [0.4, 0.5) is 5.69 Å². The van der Waals surface area contributed by atoms with Crippen molar-refractivity contribution in [3.05, 3.63) is 11.4 Å². The number of hydrogen-bond acceptors (Lipinski definition) is 4. The lowest BCUT2D eigenvalue weighted by molar-refractivity contribution is -0.133. The highest BCUT2D eigenvalue weighted by atomic mass is 16.3. The Morgan fingerprint density at radius 2 is 2.05 bits per heavy atom. The second-order valence-electron chi connectivity index (χ2n) is 5.25. The van der Waals surface area contributed by atoms with E-state index < -0.39 is 0 Å². The largest absolute Gasteiger partial charge is 0.396 e. The van der Waals surface area contributed by atoms with E-state index in [1.165, 1.54) is 0 Å². The number of aliphatic hydroxyl groups is 1. The van der Waals surface area contributed by atoms with Gasteiger partial charge < -0.3 is 15.7 Å². The van der Waals surface area contributed by atoms with Crippen molar-refractivity contribution in [2.75, 3.05) is 25.4 Å². The van der Waals surface area contributed by atoms with Crippen LogP contribution in [0.15, 0.2) is 0 Å². The minimum atomic E-state index is 0.0713. The first-order chi connectivity index (χ1) is 9.02. The summed E-state index contributed by atoms with van der Waals surface area (Å²) in [6, 6.07) is 0. The molecule has 1 fully saturated rings. The summed E-state index contributed by atoms with van der Waals surface area (Å²) in [6.45, 7) is 5.62. The second kappa shape index (κ2) is 5.61.